The monoisotopic (exact) mass is 452 g/mol. The van der Waals surface area contributed by atoms with E-state index >= 15 is 0 Å². The second kappa shape index (κ2) is 10.2. The Balaban J connectivity index is 1.88. The second-order valence-electron chi connectivity index (χ2n) is 6.73. The molecule has 0 bridgehead atoms. The zero-order valence-electron chi connectivity index (χ0n) is 17.8. The van der Waals surface area contributed by atoms with Crippen LogP contribution in [0.4, 0.5) is 11.4 Å². The first kappa shape index (κ1) is 23.1. The van der Waals surface area contributed by atoms with Gasteiger partial charge in [-0.1, -0.05) is 30.3 Å². The topological polar surface area (TPSA) is 143 Å². The Kier molecular flexibility index (Phi) is 7.13. The summed E-state index contributed by atoms with van der Waals surface area (Å²) in [5.41, 5.74) is 0.0214. The highest BCUT2D eigenvalue weighted by Crippen LogP contribution is 2.23. The van der Waals surface area contributed by atoms with E-state index in [2.05, 4.69) is 10.4 Å². The van der Waals surface area contributed by atoms with Crippen molar-refractivity contribution in [1.29, 1.82) is 0 Å². The first-order valence-electron chi connectivity index (χ1n) is 9.85. The summed E-state index contributed by atoms with van der Waals surface area (Å²) in [5, 5.41) is 17.6. The maximum Gasteiger partial charge on any atom is 0.362 e. The van der Waals surface area contributed by atoms with Gasteiger partial charge in [-0.25, -0.2) is 4.79 Å². The minimum absolute atomic E-state index is 0.0187. The van der Waals surface area contributed by atoms with Crippen molar-refractivity contribution < 1.29 is 24.0 Å². The fourth-order valence-electron chi connectivity index (χ4n) is 2.93. The molecule has 3 aromatic rings. The Bertz CT molecular complexity index is 1270. The van der Waals surface area contributed by atoms with Crippen LogP contribution in [0.25, 0.3) is 5.69 Å². The van der Waals surface area contributed by atoms with Gasteiger partial charge < -0.3 is 14.8 Å². The number of carbonyl (C=O) groups excluding carboxylic acids is 2. The number of aromatic nitrogens is 2. The molecule has 1 amide bonds. The number of amides is 1. The van der Waals surface area contributed by atoms with E-state index in [1.165, 1.54) is 24.3 Å². The number of esters is 1. The van der Waals surface area contributed by atoms with Crippen LogP contribution in [0.3, 0.4) is 0 Å². The molecule has 0 saturated heterocycles. The fourth-order valence-corrected chi connectivity index (χ4v) is 2.93. The molecule has 11 nitrogen and oxygen atoms in total. The lowest BCUT2D eigenvalue weighted by atomic mass is 10.2. The van der Waals surface area contributed by atoms with Crippen LogP contribution in [0, 0.1) is 17.0 Å². The third-order valence-electron chi connectivity index (χ3n) is 4.44. The van der Waals surface area contributed by atoms with Gasteiger partial charge in [0.15, 0.2) is 12.4 Å². The summed E-state index contributed by atoms with van der Waals surface area (Å²) in [6, 6.07) is 13.6. The number of hydrogen-bond donors (Lipinski definition) is 1. The molecule has 170 valence electrons. The number of carbonyl (C=O) groups is 2. The van der Waals surface area contributed by atoms with Crippen molar-refractivity contribution >= 4 is 23.3 Å². The number of hydrogen-bond acceptors (Lipinski definition) is 8. The highest BCUT2D eigenvalue weighted by molar-refractivity contribution is 5.94. The molecule has 0 aliphatic rings. The summed E-state index contributed by atoms with van der Waals surface area (Å²) in [6.07, 6.45) is 0. The fraction of sp³-hybridized carbons (Fsp3) is 0.182. The summed E-state index contributed by atoms with van der Waals surface area (Å²) < 4.78 is 11.4. The SMILES string of the molecule is CCOC(=O)c1nn(-c2ccccc2C)c(=O)cc1OCC(=O)Nc1ccccc1[N+](=O)[O-]. The van der Waals surface area contributed by atoms with Crippen molar-refractivity contribution in [2.24, 2.45) is 0 Å². The van der Waals surface area contributed by atoms with E-state index in [1.807, 2.05) is 0 Å². The number of nitro groups is 1. The van der Waals surface area contributed by atoms with Crippen molar-refractivity contribution in [3.63, 3.8) is 0 Å². The van der Waals surface area contributed by atoms with E-state index in [0.29, 0.717) is 5.69 Å². The smallest absolute Gasteiger partial charge is 0.362 e. The van der Waals surface area contributed by atoms with Gasteiger partial charge in [0.25, 0.3) is 17.2 Å². The largest absolute Gasteiger partial charge is 0.481 e. The van der Waals surface area contributed by atoms with Gasteiger partial charge in [0.05, 0.1) is 23.3 Å². The van der Waals surface area contributed by atoms with E-state index in [9.17, 15) is 24.5 Å². The zero-order chi connectivity index (χ0) is 24.0. The van der Waals surface area contributed by atoms with Crippen LogP contribution in [0.1, 0.15) is 23.0 Å². The first-order valence-corrected chi connectivity index (χ1v) is 9.85. The van der Waals surface area contributed by atoms with Crippen LogP contribution in [0.5, 0.6) is 5.75 Å². The van der Waals surface area contributed by atoms with Crippen LogP contribution in [0.15, 0.2) is 59.4 Å². The number of nitrogens with one attached hydrogen (secondary N) is 1. The van der Waals surface area contributed by atoms with E-state index < -0.39 is 29.0 Å². The molecule has 0 atom stereocenters. The quantitative estimate of drug-likeness (QED) is 0.312. The molecule has 0 fully saturated rings. The molecule has 1 N–H and O–H groups in total. The van der Waals surface area contributed by atoms with Gasteiger partial charge in [0.2, 0.25) is 5.69 Å². The third kappa shape index (κ3) is 5.39. The lowest BCUT2D eigenvalue weighted by molar-refractivity contribution is -0.383. The second-order valence-corrected chi connectivity index (χ2v) is 6.73. The molecule has 2 aromatic carbocycles. The first-order chi connectivity index (χ1) is 15.8. The number of aryl methyl sites for hydroxylation is 1. The van der Waals surface area contributed by atoms with Gasteiger partial charge in [-0.3, -0.25) is 19.7 Å². The molecular formula is C22H20N4O7. The lowest BCUT2D eigenvalue weighted by Crippen LogP contribution is -2.27. The van der Waals surface area contributed by atoms with Crippen molar-refractivity contribution in [3.05, 3.63) is 86.3 Å². The summed E-state index contributed by atoms with van der Waals surface area (Å²) in [5.74, 6) is -1.82. The summed E-state index contributed by atoms with van der Waals surface area (Å²) in [4.78, 5) is 47.9. The minimum atomic E-state index is -0.839. The van der Waals surface area contributed by atoms with Gasteiger partial charge >= 0.3 is 5.97 Å². The highest BCUT2D eigenvalue weighted by atomic mass is 16.6. The maximum atomic E-state index is 12.7. The average molecular weight is 452 g/mol. The molecule has 0 saturated carbocycles. The molecule has 0 aliphatic heterocycles. The Morgan fingerprint density at radius 1 is 1.15 bits per heavy atom. The number of anilines is 1. The van der Waals surface area contributed by atoms with Crippen molar-refractivity contribution in [3.8, 4) is 11.4 Å². The molecule has 33 heavy (non-hydrogen) atoms. The van der Waals surface area contributed by atoms with Gasteiger partial charge in [-0.05, 0) is 31.5 Å². The molecule has 0 radical (unpaired) electrons. The molecule has 11 heteroatoms. The molecule has 1 heterocycles. The van der Waals surface area contributed by atoms with Gasteiger partial charge in [0, 0.05) is 6.07 Å². The lowest BCUT2D eigenvalue weighted by Gasteiger charge is -2.13. The van der Waals surface area contributed by atoms with Crippen LogP contribution >= 0.6 is 0 Å². The number of nitro benzene ring substituents is 1. The summed E-state index contributed by atoms with van der Waals surface area (Å²) in [6.45, 7) is 2.82. The minimum Gasteiger partial charge on any atom is -0.481 e. The van der Waals surface area contributed by atoms with E-state index in [1.54, 1.807) is 38.1 Å². The Labute approximate surface area is 187 Å². The predicted molar refractivity (Wildman–Crippen MR) is 118 cm³/mol. The zero-order valence-corrected chi connectivity index (χ0v) is 17.8. The Morgan fingerprint density at radius 3 is 2.55 bits per heavy atom. The van der Waals surface area contributed by atoms with E-state index in [0.717, 1.165) is 16.3 Å². The molecular weight excluding hydrogens is 432 g/mol. The van der Waals surface area contributed by atoms with E-state index in [-0.39, 0.29) is 29.4 Å². The standard InChI is InChI=1S/C22H20N4O7/c1-3-32-22(29)21-18(12-20(28)25(24-21)16-10-6-4-8-14(16)2)33-13-19(27)23-15-9-5-7-11-17(15)26(30)31/h4-12H,3,13H2,1-2H3,(H,23,27). The van der Waals surface area contributed by atoms with Crippen LogP contribution in [-0.4, -0.2) is 39.8 Å². The van der Waals surface area contributed by atoms with E-state index in [4.69, 9.17) is 9.47 Å². The van der Waals surface area contributed by atoms with Crippen LogP contribution < -0.4 is 15.6 Å². The molecule has 1 aromatic heterocycles. The maximum absolute atomic E-state index is 12.7. The van der Waals surface area contributed by atoms with Crippen molar-refractivity contribution in [2.45, 2.75) is 13.8 Å². The van der Waals surface area contributed by atoms with Gasteiger partial charge in [-0.2, -0.15) is 9.78 Å². The van der Waals surface area contributed by atoms with Gasteiger partial charge in [-0.15, -0.1) is 0 Å². The van der Waals surface area contributed by atoms with Crippen LogP contribution in [-0.2, 0) is 9.53 Å². The third-order valence-corrected chi connectivity index (χ3v) is 4.44. The number of nitrogens with zero attached hydrogens (tertiary/aromatic N) is 3. The molecule has 0 spiro atoms. The number of rotatable bonds is 8. The normalized spacial score (nSPS) is 10.4. The summed E-state index contributed by atoms with van der Waals surface area (Å²) >= 11 is 0. The summed E-state index contributed by atoms with van der Waals surface area (Å²) in [7, 11) is 0. The van der Waals surface area contributed by atoms with Crippen LogP contribution in [0.2, 0.25) is 0 Å². The molecule has 0 aliphatic carbocycles. The highest BCUT2D eigenvalue weighted by Gasteiger charge is 2.22. The molecule has 0 unspecified atom stereocenters. The molecule has 3 rings (SSSR count). The average Bonchev–Trinajstić information content (AvgIpc) is 2.78. The number of para-hydroxylation sites is 3. The van der Waals surface area contributed by atoms with Gasteiger partial charge in [0.1, 0.15) is 5.69 Å². The van der Waals surface area contributed by atoms with Crippen molar-refractivity contribution in [2.75, 3.05) is 18.5 Å². The Morgan fingerprint density at radius 2 is 1.85 bits per heavy atom. The predicted octanol–water partition coefficient (Wildman–Crippen LogP) is 2.64. The number of ether oxygens (including phenoxy) is 2. The number of benzene rings is 2. The van der Waals surface area contributed by atoms with Crippen molar-refractivity contribution in [1.82, 2.24) is 9.78 Å². The Hall–Kier alpha value is -4.54.